The van der Waals surface area contributed by atoms with Crippen molar-refractivity contribution < 1.29 is 0 Å². The minimum absolute atomic E-state index is 0.376. The zero-order chi connectivity index (χ0) is 10.8. The lowest BCUT2D eigenvalue weighted by Crippen LogP contribution is -2.04. The number of hydrogen-bond acceptors (Lipinski definition) is 4. The Morgan fingerprint density at radius 3 is 2.80 bits per heavy atom. The molecule has 2 rings (SSSR count). The third-order valence-electron chi connectivity index (χ3n) is 1.90. The van der Waals surface area contributed by atoms with Gasteiger partial charge in [0.2, 0.25) is 0 Å². The first kappa shape index (κ1) is 10.7. The Bertz CT molecular complexity index is 481. The summed E-state index contributed by atoms with van der Waals surface area (Å²) in [6.45, 7) is 2.33. The van der Waals surface area contributed by atoms with Crippen LogP contribution in [0.15, 0.2) is 22.0 Å². The third kappa shape index (κ3) is 2.42. The largest absolute Gasteiger partial charge is 0.324 e. The predicted octanol–water partition coefficient (Wildman–Crippen LogP) is 2.73. The van der Waals surface area contributed by atoms with Gasteiger partial charge in [0.15, 0.2) is 0 Å². The molecule has 78 valence electrons. The Morgan fingerprint density at radius 2 is 2.20 bits per heavy atom. The van der Waals surface area contributed by atoms with Crippen molar-refractivity contribution >= 4 is 27.3 Å². The number of aryl methyl sites for hydroxylation is 1. The van der Waals surface area contributed by atoms with Gasteiger partial charge < -0.3 is 5.73 Å². The standard InChI is InChI=1S/C10H10BrN3S/c1-6-2-8(14-10(4-12)13-6)9-3-7(11)5-15-9/h2-3,5H,4,12H2,1H3. The molecule has 0 unspecified atom stereocenters. The van der Waals surface area contributed by atoms with Crippen LogP contribution in [-0.4, -0.2) is 9.97 Å². The summed E-state index contributed by atoms with van der Waals surface area (Å²) in [5.74, 6) is 0.689. The van der Waals surface area contributed by atoms with Crippen LogP contribution in [0.5, 0.6) is 0 Å². The molecule has 0 spiro atoms. The second-order valence-corrected chi connectivity index (χ2v) is 4.97. The average Bonchev–Trinajstić information content (AvgIpc) is 2.64. The predicted molar refractivity (Wildman–Crippen MR) is 65.7 cm³/mol. The molecule has 2 heterocycles. The number of thiophene rings is 1. The van der Waals surface area contributed by atoms with E-state index in [1.807, 2.05) is 24.4 Å². The van der Waals surface area contributed by atoms with Gasteiger partial charge in [0.25, 0.3) is 0 Å². The minimum atomic E-state index is 0.376. The highest BCUT2D eigenvalue weighted by atomic mass is 79.9. The summed E-state index contributed by atoms with van der Waals surface area (Å²) in [6.07, 6.45) is 0. The lowest BCUT2D eigenvalue weighted by molar-refractivity contribution is 0.895. The maximum atomic E-state index is 5.54. The topological polar surface area (TPSA) is 51.8 Å². The Morgan fingerprint density at radius 1 is 1.40 bits per heavy atom. The van der Waals surface area contributed by atoms with Gasteiger partial charge >= 0.3 is 0 Å². The first-order valence-corrected chi connectivity index (χ1v) is 6.15. The van der Waals surface area contributed by atoms with Crippen LogP contribution in [0.25, 0.3) is 10.6 Å². The highest BCUT2D eigenvalue weighted by Gasteiger charge is 2.05. The van der Waals surface area contributed by atoms with Crippen molar-refractivity contribution in [1.29, 1.82) is 0 Å². The normalized spacial score (nSPS) is 10.6. The molecule has 0 fully saturated rings. The minimum Gasteiger partial charge on any atom is -0.324 e. The van der Waals surface area contributed by atoms with Gasteiger partial charge in [-0.3, -0.25) is 0 Å². The number of nitrogens with two attached hydrogens (primary N) is 1. The van der Waals surface area contributed by atoms with Crippen molar-refractivity contribution in [2.45, 2.75) is 13.5 Å². The van der Waals surface area contributed by atoms with Gasteiger partial charge in [0, 0.05) is 15.5 Å². The van der Waals surface area contributed by atoms with Crippen molar-refractivity contribution in [1.82, 2.24) is 9.97 Å². The van der Waals surface area contributed by atoms with Crippen molar-refractivity contribution in [3.63, 3.8) is 0 Å². The first-order chi connectivity index (χ1) is 7.19. The van der Waals surface area contributed by atoms with Crippen molar-refractivity contribution in [2.75, 3.05) is 0 Å². The lowest BCUT2D eigenvalue weighted by atomic mass is 10.3. The molecule has 2 aromatic heterocycles. The average molecular weight is 284 g/mol. The quantitative estimate of drug-likeness (QED) is 0.922. The molecule has 0 atom stereocenters. The van der Waals surface area contributed by atoms with Crippen LogP contribution in [0.3, 0.4) is 0 Å². The summed E-state index contributed by atoms with van der Waals surface area (Å²) in [4.78, 5) is 9.76. The molecule has 0 aromatic carbocycles. The van der Waals surface area contributed by atoms with E-state index in [0.29, 0.717) is 12.4 Å². The van der Waals surface area contributed by atoms with E-state index in [0.717, 1.165) is 20.7 Å². The van der Waals surface area contributed by atoms with Crippen molar-refractivity contribution in [3.8, 4) is 10.6 Å². The molecule has 0 amide bonds. The monoisotopic (exact) mass is 283 g/mol. The van der Waals surface area contributed by atoms with E-state index in [4.69, 9.17) is 5.73 Å². The fraction of sp³-hybridized carbons (Fsp3) is 0.200. The molecule has 15 heavy (non-hydrogen) atoms. The summed E-state index contributed by atoms with van der Waals surface area (Å²) in [5.41, 5.74) is 7.43. The molecule has 3 nitrogen and oxygen atoms in total. The van der Waals surface area contributed by atoms with Gasteiger partial charge in [-0.1, -0.05) is 0 Å². The Balaban J connectivity index is 2.48. The molecule has 0 saturated carbocycles. The number of nitrogens with zero attached hydrogens (tertiary/aromatic N) is 2. The molecular weight excluding hydrogens is 274 g/mol. The fourth-order valence-electron chi connectivity index (χ4n) is 1.29. The number of hydrogen-bond donors (Lipinski definition) is 1. The van der Waals surface area contributed by atoms with Crippen molar-refractivity contribution in [2.24, 2.45) is 5.73 Å². The second kappa shape index (κ2) is 4.38. The van der Waals surface area contributed by atoms with E-state index in [1.165, 1.54) is 0 Å². The molecule has 5 heteroatoms. The van der Waals surface area contributed by atoms with Crippen LogP contribution in [0.1, 0.15) is 11.5 Å². The van der Waals surface area contributed by atoms with E-state index in [1.54, 1.807) is 11.3 Å². The number of halogens is 1. The summed E-state index contributed by atoms with van der Waals surface area (Å²) in [6, 6.07) is 4.02. The highest BCUT2D eigenvalue weighted by Crippen LogP contribution is 2.28. The molecule has 0 bridgehead atoms. The molecule has 2 aromatic rings. The van der Waals surface area contributed by atoms with Gasteiger partial charge in [-0.05, 0) is 35.0 Å². The van der Waals surface area contributed by atoms with Crippen LogP contribution in [0.2, 0.25) is 0 Å². The van der Waals surface area contributed by atoms with E-state index < -0.39 is 0 Å². The zero-order valence-corrected chi connectivity index (χ0v) is 10.6. The van der Waals surface area contributed by atoms with E-state index in [2.05, 4.69) is 25.9 Å². The molecule has 0 radical (unpaired) electrons. The summed E-state index contributed by atoms with van der Waals surface area (Å²) >= 11 is 5.08. The molecule has 0 aliphatic heterocycles. The van der Waals surface area contributed by atoms with Gasteiger partial charge in [-0.25, -0.2) is 9.97 Å². The summed E-state index contributed by atoms with van der Waals surface area (Å²) in [5, 5.41) is 2.04. The second-order valence-electron chi connectivity index (χ2n) is 3.14. The van der Waals surface area contributed by atoms with Crippen LogP contribution in [-0.2, 0) is 6.54 Å². The highest BCUT2D eigenvalue weighted by molar-refractivity contribution is 9.10. The fourth-order valence-corrected chi connectivity index (χ4v) is 2.68. The van der Waals surface area contributed by atoms with E-state index in [-0.39, 0.29) is 0 Å². The molecular formula is C10H10BrN3S. The molecule has 0 aliphatic rings. The van der Waals surface area contributed by atoms with E-state index in [9.17, 15) is 0 Å². The summed E-state index contributed by atoms with van der Waals surface area (Å²) < 4.78 is 1.08. The number of aromatic nitrogens is 2. The molecule has 0 saturated heterocycles. The third-order valence-corrected chi connectivity index (χ3v) is 3.62. The van der Waals surface area contributed by atoms with Crippen LogP contribution >= 0.6 is 27.3 Å². The number of rotatable bonds is 2. The Kier molecular flexibility index (Phi) is 3.14. The maximum Gasteiger partial charge on any atom is 0.142 e. The van der Waals surface area contributed by atoms with Crippen LogP contribution < -0.4 is 5.73 Å². The van der Waals surface area contributed by atoms with Crippen LogP contribution in [0.4, 0.5) is 0 Å². The van der Waals surface area contributed by atoms with Gasteiger partial charge in [0.05, 0.1) is 17.1 Å². The summed E-state index contributed by atoms with van der Waals surface area (Å²) in [7, 11) is 0. The van der Waals surface area contributed by atoms with E-state index >= 15 is 0 Å². The molecule has 0 aliphatic carbocycles. The Labute approximate surface area is 101 Å². The zero-order valence-electron chi connectivity index (χ0n) is 8.20. The molecule has 2 N–H and O–H groups in total. The smallest absolute Gasteiger partial charge is 0.142 e. The van der Waals surface area contributed by atoms with Gasteiger partial charge in [0.1, 0.15) is 5.82 Å². The first-order valence-electron chi connectivity index (χ1n) is 4.48. The van der Waals surface area contributed by atoms with Gasteiger partial charge in [-0.15, -0.1) is 11.3 Å². The SMILES string of the molecule is Cc1cc(-c2cc(Br)cs2)nc(CN)n1. The maximum absolute atomic E-state index is 5.54. The lowest BCUT2D eigenvalue weighted by Gasteiger charge is -2.01. The van der Waals surface area contributed by atoms with Crippen molar-refractivity contribution in [3.05, 3.63) is 33.5 Å². The Hall–Kier alpha value is -0.780. The van der Waals surface area contributed by atoms with Crippen LogP contribution in [0, 0.1) is 6.92 Å². The van der Waals surface area contributed by atoms with Gasteiger partial charge in [-0.2, -0.15) is 0 Å².